The summed E-state index contributed by atoms with van der Waals surface area (Å²) in [7, 11) is 0. The van der Waals surface area contributed by atoms with E-state index in [-0.39, 0.29) is 0 Å². The van der Waals surface area contributed by atoms with Crippen LogP contribution in [0.2, 0.25) is 5.02 Å². The fraction of sp³-hybridized carbons (Fsp3) is 0.133. The first-order valence-electron chi connectivity index (χ1n) is 5.86. The van der Waals surface area contributed by atoms with Gasteiger partial charge >= 0.3 is 0 Å². The van der Waals surface area contributed by atoms with Gasteiger partial charge in [0.25, 0.3) is 0 Å². The molecule has 0 aliphatic rings. The highest BCUT2D eigenvalue weighted by molar-refractivity contribution is 6.31. The first-order valence-corrected chi connectivity index (χ1v) is 6.24. The topological polar surface area (TPSA) is 41.8 Å². The van der Waals surface area contributed by atoms with E-state index >= 15 is 0 Å². The molecule has 0 saturated heterocycles. The van der Waals surface area contributed by atoms with Gasteiger partial charge in [-0.15, -0.1) is 0 Å². The predicted octanol–water partition coefficient (Wildman–Crippen LogP) is 4.12. The molecule has 0 heterocycles. The molecule has 2 aromatic carbocycles. The van der Waals surface area contributed by atoms with Crippen molar-refractivity contribution in [3.05, 3.63) is 64.7 Å². The third-order valence-electron chi connectivity index (χ3n) is 2.77. The molecule has 0 amide bonds. The minimum atomic E-state index is 0.370. The van der Waals surface area contributed by atoms with Gasteiger partial charge < -0.3 is 9.94 Å². The smallest absolute Gasteiger partial charge is 0.128 e. The van der Waals surface area contributed by atoms with Crippen LogP contribution in [0.5, 0.6) is 5.75 Å². The van der Waals surface area contributed by atoms with Crippen LogP contribution in [0.3, 0.4) is 0 Å². The minimum absolute atomic E-state index is 0.370. The van der Waals surface area contributed by atoms with Crippen molar-refractivity contribution in [2.24, 2.45) is 5.16 Å². The first-order chi connectivity index (χ1) is 9.22. The van der Waals surface area contributed by atoms with Gasteiger partial charge in [-0.1, -0.05) is 47.1 Å². The fourth-order valence-corrected chi connectivity index (χ4v) is 1.91. The van der Waals surface area contributed by atoms with Crippen molar-refractivity contribution in [1.29, 1.82) is 0 Å². The molecule has 0 radical (unpaired) electrons. The van der Waals surface area contributed by atoms with Gasteiger partial charge in [0.15, 0.2) is 0 Å². The van der Waals surface area contributed by atoms with Crippen LogP contribution in [-0.4, -0.2) is 10.9 Å². The van der Waals surface area contributed by atoms with Crippen molar-refractivity contribution in [2.45, 2.75) is 13.5 Å². The van der Waals surface area contributed by atoms with E-state index < -0.39 is 0 Å². The van der Waals surface area contributed by atoms with E-state index in [1.54, 1.807) is 6.92 Å². The summed E-state index contributed by atoms with van der Waals surface area (Å²) in [5.41, 5.74) is 2.18. The SMILES string of the molecule is C/C(=N\O)c1ccccc1OCc1ccccc1Cl. The number of rotatable bonds is 4. The molecule has 0 bridgehead atoms. The Morgan fingerprint density at radius 3 is 2.58 bits per heavy atom. The van der Waals surface area contributed by atoms with Crippen LogP contribution < -0.4 is 4.74 Å². The van der Waals surface area contributed by atoms with Crippen molar-refractivity contribution >= 4 is 17.3 Å². The Balaban J connectivity index is 2.19. The monoisotopic (exact) mass is 275 g/mol. The Morgan fingerprint density at radius 2 is 1.84 bits per heavy atom. The van der Waals surface area contributed by atoms with E-state index in [1.807, 2.05) is 48.5 Å². The number of para-hydroxylation sites is 1. The average molecular weight is 276 g/mol. The number of nitrogens with zero attached hydrogens (tertiary/aromatic N) is 1. The van der Waals surface area contributed by atoms with Gasteiger partial charge in [0.05, 0.1) is 5.71 Å². The molecule has 2 rings (SSSR count). The van der Waals surface area contributed by atoms with Gasteiger partial charge in [-0.05, 0) is 25.1 Å². The number of oxime groups is 1. The highest BCUT2D eigenvalue weighted by Gasteiger charge is 2.07. The molecule has 0 fully saturated rings. The van der Waals surface area contributed by atoms with E-state index in [9.17, 15) is 0 Å². The van der Waals surface area contributed by atoms with Gasteiger partial charge in [-0.25, -0.2) is 0 Å². The second-order valence-corrected chi connectivity index (χ2v) is 4.47. The Bertz CT molecular complexity index is 596. The number of benzene rings is 2. The second-order valence-electron chi connectivity index (χ2n) is 4.06. The van der Waals surface area contributed by atoms with E-state index in [0.717, 1.165) is 11.1 Å². The van der Waals surface area contributed by atoms with Crippen LogP contribution >= 0.6 is 11.6 Å². The Hall–Kier alpha value is -2.00. The molecular weight excluding hydrogens is 262 g/mol. The first kappa shape index (κ1) is 13.4. The maximum atomic E-state index is 8.85. The van der Waals surface area contributed by atoms with Crippen LogP contribution in [0.4, 0.5) is 0 Å². The average Bonchev–Trinajstić information content (AvgIpc) is 2.46. The lowest BCUT2D eigenvalue weighted by atomic mass is 10.1. The van der Waals surface area contributed by atoms with Gasteiger partial charge in [-0.3, -0.25) is 0 Å². The quantitative estimate of drug-likeness (QED) is 0.518. The molecule has 98 valence electrons. The number of hydrogen-bond donors (Lipinski definition) is 1. The summed E-state index contributed by atoms with van der Waals surface area (Å²) in [5, 5.41) is 12.7. The third kappa shape index (κ3) is 3.26. The molecule has 0 saturated carbocycles. The number of ether oxygens (including phenoxy) is 1. The molecule has 3 nitrogen and oxygen atoms in total. The normalized spacial score (nSPS) is 11.4. The zero-order valence-electron chi connectivity index (χ0n) is 10.5. The molecule has 1 N–H and O–H groups in total. The highest BCUT2D eigenvalue weighted by atomic mass is 35.5. The van der Waals surface area contributed by atoms with Crippen LogP contribution in [0, 0.1) is 0 Å². The largest absolute Gasteiger partial charge is 0.488 e. The molecule has 0 atom stereocenters. The fourth-order valence-electron chi connectivity index (χ4n) is 1.72. The Morgan fingerprint density at radius 1 is 1.16 bits per heavy atom. The van der Waals surface area contributed by atoms with Crippen LogP contribution in [0.15, 0.2) is 53.7 Å². The zero-order valence-corrected chi connectivity index (χ0v) is 11.3. The zero-order chi connectivity index (χ0) is 13.7. The number of hydrogen-bond acceptors (Lipinski definition) is 3. The van der Waals surface area contributed by atoms with Gasteiger partial charge in [0.1, 0.15) is 12.4 Å². The van der Waals surface area contributed by atoms with Crippen molar-refractivity contribution < 1.29 is 9.94 Å². The molecule has 0 unspecified atom stereocenters. The third-order valence-corrected chi connectivity index (χ3v) is 3.14. The minimum Gasteiger partial charge on any atom is -0.488 e. The van der Waals surface area contributed by atoms with Crippen LogP contribution in [0.1, 0.15) is 18.1 Å². The van der Waals surface area contributed by atoms with E-state index in [0.29, 0.717) is 23.1 Å². The maximum Gasteiger partial charge on any atom is 0.128 e. The van der Waals surface area contributed by atoms with Crippen LogP contribution in [-0.2, 0) is 6.61 Å². The lowest BCUT2D eigenvalue weighted by Crippen LogP contribution is -2.02. The Labute approximate surface area is 117 Å². The number of halogens is 1. The van der Waals surface area contributed by atoms with Gasteiger partial charge in [0, 0.05) is 16.1 Å². The highest BCUT2D eigenvalue weighted by Crippen LogP contribution is 2.22. The van der Waals surface area contributed by atoms with Crippen molar-refractivity contribution in [3.8, 4) is 5.75 Å². The molecular formula is C15H14ClNO2. The summed E-state index contributed by atoms with van der Waals surface area (Å²) in [6.07, 6.45) is 0. The molecule has 4 heteroatoms. The van der Waals surface area contributed by atoms with Crippen molar-refractivity contribution in [3.63, 3.8) is 0 Å². The lowest BCUT2D eigenvalue weighted by Gasteiger charge is -2.11. The second kappa shape index (κ2) is 6.25. The summed E-state index contributed by atoms with van der Waals surface area (Å²) in [6.45, 7) is 2.09. The Kier molecular flexibility index (Phi) is 4.42. The molecule has 0 aromatic heterocycles. The van der Waals surface area contributed by atoms with Crippen molar-refractivity contribution in [1.82, 2.24) is 0 Å². The lowest BCUT2D eigenvalue weighted by molar-refractivity contribution is 0.303. The molecule has 0 aliphatic carbocycles. The maximum absolute atomic E-state index is 8.85. The standard InChI is InChI=1S/C15H14ClNO2/c1-11(17-18)13-7-3-5-9-15(13)19-10-12-6-2-4-8-14(12)16/h2-9,18H,10H2,1H3/b17-11+. The summed E-state index contributed by atoms with van der Waals surface area (Å²) in [6, 6.07) is 14.9. The molecule has 0 aliphatic heterocycles. The van der Waals surface area contributed by atoms with E-state index in [1.165, 1.54) is 0 Å². The van der Waals surface area contributed by atoms with E-state index in [4.69, 9.17) is 21.5 Å². The van der Waals surface area contributed by atoms with Crippen LogP contribution in [0.25, 0.3) is 0 Å². The van der Waals surface area contributed by atoms with Gasteiger partial charge in [0.2, 0.25) is 0 Å². The summed E-state index contributed by atoms with van der Waals surface area (Å²) in [5.74, 6) is 0.665. The summed E-state index contributed by atoms with van der Waals surface area (Å²) in [4.78, 5) is 0. The van der Waals surface area contributed by atoms with Gasteiger partial charge in [-0.2, -0.15) is 0 Å². The molecule has 2 aromatic rings. The molecule has 0 spiro atoms. The van der Waals surface area contributed by atoms with Crippen molar-refractivity contribution in [2.75, 3.05) is 0 Å². The summed E-state index contributed by atoms with van der Waals surface area (Å²) < 4.78 is 5.75. The predicted molar refractivity (Wildman–Crippen MR) is 76.2 cm³/mol. The molecule has 19 heavy (non-hydrogen) atoms. The van der Waals surface area contributed by atoms with E-state index in [2.05, 4.69) is 5.16 Å². The summed E-state index contributed by atoms with van der Waals surface area (Å²) >= 11 is 6.08.